The molecule has 2 aromatic heterocycles. The van der Waals surface area contributed by atoms with Gasteiger partial charge in [-0.15, -0.1) is 21.5 Å². The third-order valence-electron chi connectivity index (χ3n) is 5.29. The van der Waals surface area contributed by atoms with Gasteiger partial charge in [-0.25, -0.2) is 0 Å². The molecule has 1 aliphatic carbocycles. The molecule has 132 valence electrons. The van der Waals surface area contributed by atoms with Crippen molar-refractivity contribution in [3.8, 4) is 10.6 Å². The van der Waals surface area contributed by atoms with Crippen LogP contribution in [0.1, 0.15) is 32.1 Å². The van der Waals surface area contributed by atoms with E-state index >= 15 is 0 Å². The van der Waals surface area contributed by atoms with Crippen LogP contribution in [0.25, 0.3) is 10.6 Å². The van der Waals surface area contributed by atoms with Gasteiger partial charge >= 0.3 is 0 Å². The highest BCUT2D eigenvalue weighted by atomic mass is 32.1. The summed E-state index contributed by atoms with van der Waals surface area (Å²) in [4.78, 5) is 18.1. The zero-order valence-electron chi connectivity index (χ0n) is 14.4. The molecule has 0 atom stereocenters. The lowest BCUT2D eigenvalue weighted by atomic mass is 9.88. The Bertz CT molecular complexity index is 687. The molecular formula is C19H24N4OS. The van der Waals surface area contributed by atoms with Crippen LogP contribution >= 0.6 is 11.3 Å². The average Bonchev–Trinajstić information content (AvgIpc) is 3.23. The maximum atomic E-state index is 12.7. The van der Waals surface area contributed by atoms with Gasteiger partial charge in [0.1, 0.15) is 5.69 Å². The number of carbonyl (C=O) groups excluding carboxylic acids is 1. The number of hydrogen-bond donors (Lipinski definition) is 0. The maximum Gasteiger partial charge on any atom is 0.225 e. The van der Waals surface area contributed by atoms with Gasteiger partial charge in [-0.2, -0.15) is 0 Å². The van der Waals surface area contributed by atoms with Gasteiger partial charge in [-0.3, -0.25) is 4.79 Å². The molecule has 25 heavy (non-hydrogen) atoms. The van der Waals surface area contributed by atoms with Crippen molar-refractivity contribution in [3.05, 3.63) is 29.6 Å². The molecule has 1 saturated heterocycles. The zero-order chi connectivity index (χ0) is 17.1. The first kappa shape index (κ1) is 16.5. The van der Waals surface area contributed by atoms with Crippen molar-refractivity contribution in [1.82, 2.24) is 15.1 Å². The van der Waals surface area contributed by atoms with Crippen LogP contribution in [-0.2, 0) is 4.79 Å². The molecule has 4 rings (SSSR count). The lowest BCUT2D eigenvalue weighted by molar-refractivity contribution is -0.136. The van der Waals surface area contributed by atoms with E-state index in [9.17, 15) is 4.79 Å². The highest BCUT2D eigenvalue weighted by Gasteiger charge is 2.28. The standard InChI is InChI=1S/C19H24N4OS/c24-19(15-5-2-1-3-6-15)23-12-10-22(11-13-23)18-9-8-16(20-21-18)17-7-4-14-25-17/h4,7-9,14-15H,1-3,5-6,10-13H2. The van der Waals surface area contributed by atoms with E-state index in [1.807, 2.05) is 23.6 Å². The topological polar surface area (TPSA) is 49.3 Å². The highest BCUT2D eigenvalue weighted by molar-refractivity contribution is 7.13. The molecule has 0 spiro atoms. The Labute approximate surface area is 152 Å². The van der Waals surface area contributed by atoms with Crippen LogP contribution in [0, 0.1) is 5.92 Å². The minimum atomic E-state index is 0.269. The van der Waals surface area contributed by atoms with Gasteiger partial charge in [0.25, 0.3) is 0 Å². The lowest BCUT2D eigenvalue weighted by Gasteiger charge is -2.37. The van der Waals surface area contributed by atoms with E-state index in [0.29, 0.717) is 5.91 Å². The molecule has 1 amide bonds. The van der Waals surface area contributed by atoms with Gasteiger partial charge in [0.15, 0.2) is 5.82 Å². The van der Waals surface area contributed by atoms with Gasteiger partial charge in [-0.05, 0) is 36.4 Å². The Hall–Kier alpha value is -1.95. The fourth-order valence-corrected chi connectivity index (χ4v) is 4.50. The van der Waals surface area contributed by atoms with Crippen LogP contribution in [-0.4, -0.2) is 47.2 Å². The quantitative estimate of drug-likeness (QED) is 0.845. The second-order valence-corrected chi connectivity index (χ2v) is 7.85. The molecule has 5 nitrogen and oxygen atoms in total. The van der Waals surface area contributed by atoms with Crippen molar-refractivity contribution >= 4 is 23.1 Å². The van der Waals surface area contributed by atoms with Crippen LogP contribution in [0.15, 0.2) is 29.6 Å². The first-order valence-electron chi connectivity index (χ1n) is 9.22. The summed E-state index contributed by atoms with van der Waals surface area (Å²) in [6.45, 7) is 3.27. The Kier molecular flexibility index (Phi) is 4.97. The van der Waals surface area contributed by atoms with Crippen molar-refractivity contribution < 1.29 is 4.79 Å². The first-order valence-corrected chi connectivity index (χ1v) is 10.1. The van der Waals surface area contributed by atoms with Crippen molar-refractivity contribution in [3.63, 3.8) is 0 Å². The Morgan fingerprint density at radius 1 is 1.00 bits per heavy atom. The average molecular weight is 356 g/mol. The Morgan fingerprint density at radius 2 is 1.80 bits per heavy atom. The molecule has 1 saturated carbocycles. The van der Waals surface area contributed by atoms with Crippen molar-refractivity contribution in [1.29, 1.82) is 0 Å². The second kappa shape index (κ2) is 7.52. The number of piperazine rings is 1. The number of aromatic nitrogens is 2. The number of thiophene rings is 1. The van der Waals surface area contributed by atoms with Crippen LogP contribution < -0.4 is 4.90 Å². The Morgan fingerprint density at radius 3 is 2.44 bits per heavy atom. The molecule has 2 fully saturated rings. The third-order valence-corrected chi connectivity index (χ3v) is 6.19. The predicted octanol–water partition coefficient (Wildman–Crippen LogP) is 3.43. The van der Waals surface area contributed by atoms with E-state index in [1.54, 1.807) is 11.3 Å². The van der Waals surface area contributed by atoms with Crippen LogP contribution in [0.3, 0.4) is 0 Å². The fraction of sp³-hybridized carbons (Fsp3) is 0.526. The number of hydrogen-bond acceptors (Lipinski definition) is 5. The van der Waals surface area contributed by atoms with E-state index in [0.717, 1.165) is 55.4 Å². The van der Waals surface area contributed by atoms with Gasteiger partial charge in [-0.1, -0.05) is 25.3 Å². The molecule has 0 bridgehead atoms. The normalized spacial score (nSPS) is 19.2. The molecule has 0 radical (unpaired) electrons. The molecule has 3 heterocycles. The summed E-state index contributed by atoms with van der Waals surface area (Å²) >= 11 is 1.67. The van der Waals surface area contributed by atoms with Gasteiger partial charge < -0.3 is 9.80 Å². The predicted molar refractivity (Wildman–Crippen MR) is 101 cm³/mol. The SMILES string of the molecule is O=C(C1CCCCC1)N1CCN(c2ccc(-c3cccs3)nn2)CC1. The molecule has 0 aromatic carbocycles. The molecule has 0 unspecified atom stereocenters. The van der Waals surface area contributed by atoms with Gasteiger partial charge in [0, 0.05) is 32.1 Å². The van der Waals surface area contributed by atoms with E-state index in [4.69, 9.17) is 0 Å². The molecule has 2 aliphatic rings. The molecule has 1 aliphatic heterocycles. The zero-order valence-corrected chi connectivity index (χ0v) is 15.2. The summed E-state index contributed by atoms with van der Waals surface area (Å²) in [5.41, 5.74) is 0.921. The minimum absolute atomic E-state index is 0.269. The minimum Gasteiger partial charge on any atom is -0.352 e. The molecule has 6 heteroatoms. The number of nitrogens with zero attached hydrogens (tertiary/aromatic N) is 4. The fourth-order valence-electron chi connectivity index (χ4n) is 3.81. The summed E-state index contributed by atoms with van der Waals surface area (Å²) in [6, 6.07) is 8.16. The van der Waals surface area contributed by atoms with E-state index in [1.165, 1.54) is 19.3 Å². The molecule has 2 aromatic rings. The number of carbonyl (C=O) groups is 1. The Balaban J connectivity index is 1.34. The highest BCUT2D eigenvalue weighted by Crippen LogP contribution is 2.27. The van der Waals surface area contributed by atoms with Crippen molar-refractivity contribution in [2.45, 2.75) is 32.1 Å². The second-order valence-electron chi connectivity index (χ2n) is 6.90. The smallest absolute Gasteiger partial charge is 0.225 e. The van der Waals surface area contributed by atoms with E-state index in [2.05, 4.69) is 26.1 Å². The largest absolute Gasteiger partial charge is 0.352 e. The lowest BCUT2D eigenvalue weighted by Crippen LogP contribution is -2.50. The van der Waals surface area contributed by atoms with E-state index < -0.39 is 0 Å². The van der Waals surface area contributed by atoms with Crippen molar-refractivity contribution in [2.24, 2.45) is 5.92 Å². The summed E-state index contributed by atoms with van der Waals surface area (Å²) in [7, 11) is 0. The van der Waals surface area contributed by atoms with Crippen LogP contribution in [0.2, 0.25) is 0 Å². The van der Waals surface area contributed by atoms with Gasteiger partial charge in [0.05, 0.1) is 4.88 Å². The summed E-state index contributed by atoms with van der Waals surface area (Å²) in [6.07, 6.45) is 5.87. The summed E-state index contributed by atoms with van der Waals surface area (Å²) in [5.74, 6) is 1.55. The number of rotatable bonds is 3. The number of anilines is 1. The van der Waals surface area contributed by atoms with Crippen molar-refractivity contribution in [2.75, 3.05) is 31.1 Å². The van der Waals surface area contributed by atoms with Crippen LogP contribution in [0.5, 0.6) is 0 Å². The summed E-state index contributed by atoms with van der Waals surface area (Å²) in [5, 5.41) is 10.8. The third kappa shape index (κ3) is 3.68. The maximum absolute atomic E-state index is 12.7. The van der Waals surface area contributed by atoms with E-state index in [-0.39, 0.29) is 5.92 Å². The molecular weight excluding hydrogens is 332 g/mol. The number of amides is 1. The first-order chi connectivity index (χ1) is 12.3. The van der Waals surface area contributed by atoms with Crippen LogP contribution in [0.4, 0.5) is 5.82 Å². The van der Waals surface area contributed by atoms with Gasteiger partial charge in [0.2, 0.25) is 5.91 Å². The summed E-state index contributed by atoms with van der Waals surface area (Å²) < 4.78 is 0. The monoisotopic (exact) mass is 356 g/mol. The molecule has 0 N–H and O–H groups in total.